The first-order chi connectivity index (χ1) is 15.6. The fourth-order valence-electron chi connectivity index (χ4n) is 3.53. The van der Waals surface area contributed by atoms with Crippen LogP contribution in [0.15, 0.2) is 91.0 Å². The molecule has 32 heavy (non-hydrogen) atoms. The van der Waals surface area contributed by atoms with Crippen molar-refractivity contribution in [3.63, 3.8) is 0 Å². The number of hydrogen-bond acceptors (Lipinski definition) is 6. The molecule has 0 aliphatic carbocycles. The Hall–Kier alpha value is -3.48. The normalized spacial score (nSPS) is 12.7. The van der Waals surface area contributed by atoms with E-state index in [9.17, 15) is 9.59 Å². The van der Waals surface area contributed by atoms with Crippen LogP contribution >= 0.6 is 0 Å². The fraction of sp³-hybridized carbons (Fsp3) is 0.231. The van der Waals surface area contributed by atoms with Gasteiger partial charge in [0.05, 0.1) is 13.2 Å². The van der Waals surface area contributed by atoms with E-state index < -0.39 is 24.2 Å². The first kappa shape index (κ1) is 23.2. The zero-order valence-corrected chi connectivity index (χ0v) is 18.2. The van der Waals surface area contributed by atoms with Crippen LogP contribution in [0.3, 0.4) is 0 Å². The Balaban J connectivity index is 1.82. The van der Waals surface area contributed by atoms with E-state index in [1.54, 1.807) is 0 Å². The molecule has 2 atom stereocenters. The summed E-state index contributed by atoms with van der Waals surface area (Å²) in [6.07, 6.45) is -0.758. The molecule has 3 rings (SSSR count). The Labute approximate surface area is 188 Å². The Morgan fingerprint density at radius 1 is 0.781 bits per heavy atom. The maximum absolute atomic E-state index is 12.5. The van der Waals surface area contributed by atoms with E-state index in [-0.39, 0.29) is 12.6 Å². The average molecular weight is 433 g/mol. The Morgan fingerprint density at radius 3 is 1.69 bits per heavy atom. The van der Waals surface area contributed by atoms with Crippen molar-refractivity contribution < 1.29 is 19.1 Å². The van der Waals surface area contributed by atoms with Gasteiger partial charge in [-0.05, 0) is 16.7 Å². The topological polar surface area (TPSA) is 76.7 Å². The average Bonchev–Trinajstić information content (AvgIpc) is 2.83. The van der Waals surface area contributed by atoms with Crippen molar-refractivity contribution in [3.05, 3.63) is 108 Å². The molecular formula is C26H28N2O4. The zero-order valence-electron chi connectivity index (χ0n) is 18.2. The van der Waals surface area contributed by atoms with Gasteiger partial charge in [0, 0.05) is 13.5 Å². The van der Waals surface area contributed by atoms with Gasteiger partial charge in [0.1, 0.15) is 6.04 Å². The molecule has 0 saturated carbocycles. The lowest BCUT2D eigenvalue weighted by atomic mass is 9.98. The molecule has 6 nitrogen and oxygen atoms in total. The first-order valence-corrected chi connectivity index (χ1v) is 10.5. The highest BCUT2D eigenvalue weighted by Crippen LogP contribution is 2.22. The van der Waals surface area contributed by atoms with Crippen LogP contribution < -0.4 is 10.6 Å². The predicted molar refractivity (Wildman–Crippen MR) is 123 cm³/mol. The van der Waals surface area contributed by atoms with Crippen LogP contribution in [0.4, 0.5) is 0 Å². The third-order valence-corrected chi connectivity index (χ3v) is 5.00. The lowest BCUT2D eigenvalue weighted by Gasteiger charge is -2.27. The number of methoxy groups -OCH3 is 1. The molecule has 0 amide bonds. The number of carbonyl (C=O) groups is 2. The van der Waals surface area contributed by atoms with Crippen LogP contribution in [0.5, 0.6) is 0 Å². The highest BCUT2D eigenvalue weighted by molar-refractivity contribution is 5.77. The number of carbonyl (C=O) groups excluding carboxylic acids is 2. The molecule has 6 heteroatoms. The van der Waals surface area contributed by atoms with Crippen LogP contribution in [-0.4, -0.2) is 31.8 Å². The smallest absolute Gasteiger partial charge is 0.327 e. The van der Waals surface area contributed by atoms with Gasteiger partial charge in [-0.1, -0.05) is 91.0 Å². The van der Waals surface area contributed by atoms with Crippen molar-refractivity contribution in [1.82, 2.24) is 10.6 Å². The maximum Gasteiger partial charge on any atom is 0.327 e. The minimum Gasteiger partial charge on any atom is -0.468 e. The quantitative estimate of drug-likeness (QED) is 0.375. The molecule has 0 fully saturated rings. The van der Waals surface area contributed by atoms with Gasteiger partial charge in [-0.25, -0.2) is 4.79 Å². The summed E-state index contributed by atoms with van der Waals surface area (Å²) in [5.41, 5.74) is 2.87. The van der Waals surface area contributed by atoms with Gasteiger partial charge < -0.3 is 14.8 Å². The Morgan fingerprint density at radius 2 is 1.25 bits per heavy atom. The molecule has 0 bridgehead atoms. The molecule has 0 spiro atoms. The molecule has 0 saturated heterocycles. The molecule has 2 unspecified atom stereocenters. The van der Waals surface area contributed by atoms with Crippen molar-refractivity contribution in [1.29, 1.82) is 0 Å². The molecule has 0 aliphatic heterocycles. The maximum atomic E-state index is 12.5. The van der Waals surface area contributed by atoms with Gasteiger partial charge in [0.25, 0.3) is 0 Å². The van der Waals surface area contributed by atoms with Gasteiger partial charge >= 0.3 is 11.9 Å². The number of rotatable bonds is 10. The van der Waals surface area contributed by atoms with E-state index in [0.29, 0.717) is 0 Å². The van der Waals surface area contributed by atoms with Crippen molar-refractivity contribution in [2.24, 2.45) is 0 Å². The summed E-state index contributed by atoms with van der Waals surface area (Å²) in [7, 11) is 1.33. The van der Waals surface area contributed by atoms with Crippen LogP contribution in [-0.2, 0) is 19.1 Å². The van der Waals surface area contributed by atoms with Gasteiger partial charge in [-0.15, -0.1) is 0 Å². The van der Waals surface area contributed by atoms with Crippen molar-refractivity contribution in [2.75, 3.05) is 13.7 Å². The lowest BCUT2D eigenvalue weighted by Crippen LogP contribution is -2.46. The van der Waals surface area contributed by atoms with Crippen LogP contribution in [0.2, 0.25) is 0 Å². The number of nitrogens with one attached hydrogen (secondary N) is 2. The SMILES string of the molecule is COC(=O)C(NC(CNC(c1ccccc1)c1ccccc1)OC(C)=O)c1ccccc1. The van der Waals surface area contributed by atoms with Crippen molar-refractivity contribution in [3.8, 4) is 0 Å². The number of hydrogen-bond donors (Lipinski definition) is 2. The third kappa shape index (κ3) is 6.51. The summed E-state index contributed by atoms with van der Waals surface area (Å²) in [5, 5.41) is 6.61. The molecular weight excluding hydrogens is 404 g/mol. The summed E-state index contributed by atoms with van der Waals surface area (Å²) in [5.74, 6) is -0.909. The molecule has 3 aromatic rings. The molecule has 0 radical (unpaired) electrons. The molecule has 0 aliphatic rings. The van der Waals surface area contributed by atoms with Crippen LogP contribution in [0, 0.1) is 0 Å². The summed E-state index contributed by atoms with van der Waals surface area (Å²) in [4.78, 5) is 24.3. The summed E-state index contributed by atoms with van der Waals surface area (Å²) in [6.45, 7) is 1.62. The second kappa shape index (κ2) is 11.8. The summed E-state index contributed by atoms with van der Waals surface area (Å²) >= 11 is 0. The van der Waals surface area contributed by atoms with Crippen molar-refractivity contribution >= 4 is 11.9 Å². The van der Waals surface area contributed by atoms with E-state index in [0.717, 1.165) is 16.7 Å². The second-order valence-electron chi connectivity index (χ2n) is 7.29. The highest BCUT2D eigenvalue weighted by atomic mass is 16.6. The second-order valence-corrected chi connectivity index (χ2v) is 7.29. The first-order valence-electron chi connectivity index (χ1n) is 10.5. The summed E-state index contributed by atoms with van der Waals surface area (Å²) < 4.78 is 10.5. The van der Waals surface area contributed by atoms with Crippen molar-refractivity contribution in [2.45, 2.75) is 25.2 Å². The van der Waals surface area contributed by atoms with Gasteiger partial charge in [-0.2, -0.15) is 0 Å². The number of benzene rings is 3. The zero-order chi connectivity index (χ0) is 22.8. The van der Waals surface area contributed by atoms with E-state index in [2.05, 4.69) is 10.6 Å². The molecule has 2 N–H and O–H groups in total. The Bertz CT molecular complexity index is 941. The Kier molecular flexibility index (Phi) is 8.54. The van der Waals surface area contributed by atoms with Crippen LogP contribution in [0.25, 0.3) is 0 Å². The van der Waals surface area contributed by atoms with E-state index in [4.69, 9.17) is 9.47 Å². The van der Waals surface area contributed by atoms with Crippen LogP contribution in [0.1, 0.15) is 35.7 Å². The van der Waals surface area contributed by atoms with Gasteiger partial charge in [0.15, 0.2) is 6.23 Å². The monoisotopic (exact) mass is 432 g/mol. The molecule has 3 aromatic carbocycles. The molecule has 0 aromatic heterocycles. The predicted octanol–water partition coefficient (Wildman–Crippen LogP) is 3.76. The minimum absolute atomic E-state index is 0.120. The van der Waals surface area contributed by atoms with E-state index in [1.165, 1.54) is 14.0 Å². The molecule has 166 valence electrons. The largest absolute Gasteiger partial charge is 0.468 e. The third-order valence-electron chi connectivity index (χ3n) is 5.00. The minimum atomic E-state index is -0.778. The fourth-order valence-corrected chi connectivity index (χ4v) is 3.53. The lowest BCUT2D eigenvalue weighted by molar-refractivity contribution is -0.152. The number of ether oxygens (including phenoxy) is 2. The van der Waals surface area contributed by atoms with E-state index in [1.807, 2.05) is 91.0 Å². The molecule has 0 heterocycles. The highest BCUT2D eigenvalue weighted by Gasteiger charge is 2.27. The summed E-state index contributed by atoms with van der Waals surface area (Å²) in [6, 6.07) is 28.3. The van der Waals surface area contributed by atoms with Gasteiger partial charge in [0.2, 0.25) is 0 Å². The van der Waals surface area contributed by atoms with Gasteiger partial charge in [-0.3, -0.25) is 10.1 Å². The number of esters is 2. The van der Waals surface area contributed by atoms with E-state index >= 15 is 0 Å². The standard InChI is InChI=1S/C26H28N2O4/c1-19(29)32-23(28-25(26(30)31-2)22-16-10-5-11-17-22)18-27-24(20-12-6-3-7-13-20)21-14-8-4-9-15-21/h3-17,23-25,27-28H,18H2,1-2H3.